The molecule has 4 atom stereocenters. The number of Topliss-reactive ketones (excluding diaryl/α,β-unsaturated/α-hetero) is 1. The Bertz CT molecular complexity index is 520. The third-order valence-electron chi connectivity index (χ3n) is 4.60. The third-order valence-corrected chi connectivity index (χ3v) is 4.60. The Morgan fingerprint density at radius 2 is 2.08 bits per heavy atom. The average molecular weight is 364 g/mol. The van der Waals surface area contributed by atoms with Gasteiger partial charge in [0, 0.05) is 24.7 Å². The zero-order valence-electron chi connectivity index (χ0n) is 15.8. The lowest BCUT2D eigenvalue weighted by atomic mass is 9.90. The first-order valence-corrected chi connectivity index (χ1v) is 9.43. The molecule has 146 valence electrons. The van der Waals surface area contributed by atoms with Crippen LogP contribution < -0.4 is 0 Å². The highest BCUT2D eigenvalue weighted by Gasteiger charge is 2.39. The van der Waals surface area contributed by atoms with Crippen LogP contribution in [0.15, 0.2) is 36.5 Å². The fourth-order valence-corrected chi connectivity index (χ4v) is 3.09. The van der Waals surface area contributed by atoms with Gasteiger partial charge in [-0.15, -0.1) is 0 Å². The summed E-state index contributed by atoms with van der Waals surface area (Å²) >= 11 is 0. The van der Waals surface area contributed by atoms with E-state index in [0.29, 0.717) is 25.7 Å². The molecule has 1 saturated carbocycles. The number of ether oxygens (including phenoxy) is 1. The van der Waals surface area contributed by atoms with Gasteiger partial charge in [0.25, 0.3) is 0 Å². The van der Waals surface area contributed by atoms with Gasteiger partial charge < -0.3 is 14.9 Å². The maximum atomic E-state index is 12.1. The normalized spacial score (nSPS) is 24.9. The van der Waals surface area contributed by atoms with Crippen molar-refractivity contribution in [3.8, 4) is 0 Å². The summed E-state index contributed by atoms with van der Waals surface area (Å²) in [6.07, 6.45) is 14.1. The van der Waals surface area contributed by atoms with Gasteiger partial charge in [-0.25, -0.2) is 0 Å². The fourth-order valence-electron chi connectivity index (χ4n) is 3.09. The highest BCUT2D eigenvalue weighted by molar-refractivity contribution is 5.84. The Morgan fingerprint density at radius 3 is 2.77 bits per heavy atom. The molecule has 0 radical (unpaired) electrons. The van der Waals surface area contributed by atoms with Crippen molar-refractivity contribution >= 4 is 11.8 Å². The summed E-state index contributed by atoms with van der Waals surface area (Å²) in [5, 5.41) is 20.1. The maximum absolute atomic E-state index is 12.1. The number of aliphatic hydroxyl groups is 2. The van der Waals surface area contributed by atoms with Gasteiger partial charge in [0.15, 0.2) is 0 Å². The summed E-state index contributed by atoms with van der Waals surface area (Å²) in [7, 11) is 1.37. The van der Waals surface area contributed by atoms with E-state index in [1.807, 2.05) is 31.2 Å². The lowest BCUT2D eigenvalue weighted by Gasteiger charge is -2.16. The quantitative estimate of drug-likeness (QED) is 0.334. The van der Waals surface area contributed by atoms with Gasteiger partial charge in [0.2, 0.25) is 0 Å². The first-order valence-electron chi connectivity index (χ1n) is 9.43. The van der Waals surface area contributed by atoms with Gasteiger partial charge in [0.05, 0.1) is 19.3 Å². The predicted octanol–water partition coefficient (Wildman–Crippen LogP) is 3.12. The van der Waals surface area contributed by atoms with Crippen LogP contribution >= 0.6 is 0 Å². The topological polar surface area (TPSA) is 83.8 Å². The van der Waals surface area contributed by atoms with Crippen molar-refractivity contribution in [3.05, 3.63) is 36.5 Å². The van der Waals surface area contributed by atoms with E-state index in [1.54, 1.807) is 12.2 Å². The lowest BCUT2D eigenvalue weighted by Crippen LogP contribution is -2.18. The zero-order chi connectivity index (χ0) is 19.4. The molecule has 5 heteroatoms. The first-order chi connectivity index (χ1) is 12.5. The minimum absolute atomic E-state index is 0.0618. The summed E-state index contributed by atoms with van der Waals surface area (Å²) < 4.78 is 4.59. The number of rotatable bonds is 11. The SMILES string of the molecule is CCC=CCC(O)C=CC1C(O)CC(=O)C1CC=CCCCC(=O)OC. The smallest absolute Gasteiger partial charge is 0.305 e. The summed E-state index contributed by atoms with van der Waals surface area (Å²) in [4.78, 5) is 23.2. The molecule has 1 fully saturated rings. The number of hydrogen-bond acceptors (Lipinski definition) is 5. The summed E-state index contributed by atoms with van der Waals surface area (Å²) in [6, 6.07) is 0. The molecular weight excluding hydrogens is 332 g/mol. The fraction of sp³-hybridized carbons (Fsp3) is 0.619. The molecule has 0 heterocycles. The molecule has 0 amide bonds. The number of esters is 1. The molecule has 0 aromatic rings. The molecule has 0 saturated heterocycles. The highest BCUT2D eigenvalue weighted by Crippen LogP contribution is 2.33. The van der Waals surface area contributed by atoms with Crippen molar-refractivity contribution in [1.29, 1.82) is 0 Å². The van der Waals surface area contributed by atoms with Crippen molar-refractivity contribution in [2.45, 2.75) is 64.1 Å². The number of methoxy groups -OCH3 is 1. The Balaban J connectivity index is 2.49. The molecular formula is C21H32O5. The van der Waals surface area contributed by atoms with Crippen LogP contribution in [0.1, 0.15) is 51.9 Å². The summed E-state index contributed by atoms with van der Waals surface area (Å²) in [6.45, 7) is 2.03. The number of aliphatic hydroxyl groups excluding tert-OH is 2. The van der Waals surface area contributed by atoms with E-state index >= 15 is 0 Å². The van der Waals surface area contributed by atoms with Crippen molar-refractivity contribution < 1.29 is 24.5 Å². The molecule has 2 N–H and O–H groups in total. The Morgan fingerprint density at radius 1 is 1.31 bits per heavy atom. The van der Waals surface area contributed by atoms with Gasteiger partial charge in [-0.05, 0) is 32.1 Å². The Labute approximate surface area is 156 Å². The van der Waals surface area contributed by atoms with E-state index in [-0.39, 0.29) is 30.0 Å². The standard InChI is InChI=1S/C21H32O5/c1-3-4-7-10-16(22)13-14-18-17(19(23)15-20(18)24)11-8-5-6-9-12-21(25)26-2/h4-5,7-8,13-14,16-18,20,22,24H,3,6,9-12,15H2,1-2H3. The van der Waals surface area contributed by atoms with Gasteiger partial charge in [-0.3, -0.25) is 9.59 Å². The molecule has 1 aliphatic rings. The Hall–Kier alpha value is -1.72. The van der Waals surface area contributed by atoms with Crippen molar-refractivity contribution in [2.75, 3.05) is 7.11 Å². The molecule has 0 bridgehead atoms. The van der Waals surface area contributed by atoms with E-state index in [2.05, 4.69) is 4.74 Å². The molecule has 0 spiro atoms. The molecule has 4 unspecified atom stereocenters. The third kappa shape index (κ3) is 8.11. The van der Waals surface area contributed by atoms with Crippen molar-refractivity contribution in [3.63, 3.8) is 0 Å². The van der Waals surface area contributed by atoms with Gasteiger partial charge in [-0.2, -0.15) is 0 Å². The van der Waals surface area contributed by atoms with Gasteiger partial charge >= 0.3 is 5.97 Å². The molecule has 1 rings (SSSR count). The maximum Gasteiger partial charge on any atom is 0.305 e. The average Bonchev–Trinajstić information content (AvgIpc) is 2.89. The molecule has 26 heavy (non-hydrogen) atoms. The number of carbonyl (C=O) groups is 2. The van der Waals surface area contributed by atoms with Crippen LogP contribution in [0.4, 0.5) is 0 Å². The van der Waals surface area contributed by atoms with Crippen LogP contribution in [-0.2, 0) is 14.3 Å². The van der Waals surface area contributed by atoms with Crippen LogP contribution in [0.25, 0.3) is 0 Å². The van der Waals surface area contributed by atoms with Gasteiger partial charge in [0.1, 0.15) is 5.78 Å². The van der Waals surface area contributed by atoms with Crippen LogP contribution in [0.3, 0.4) is 0 Å². The number of unbranched alkanes of at least 4 members (excludes halogenated alkanes) is 1. The largest absolute Gasteiger partial charge is 0.469 e. The second-order valence-electron chi connectivity index (χ2n) is 6.66. The highest BCUT2D eigenvalue weighted by atomic mass is 16.5. The number of hydrogen-bond donors (Lipinski definition) is 2. The molecule has 0 aromatic heterocycles. The molecule has 1 aliphatic carbocycles. The summed E-state index contributed by atoms with van der Waals surface area (Å²) in [5.74, 6) is -0.666. The van der Waals surface area contributed by atoms with E-state index < -0.39 is 12.2 Å². The second-order valence-corrected chi connectivity index (χ2v) is 6.66. The van der Waals surface area contributed by atoms with Crippen LogP contribution in [0, 0.1) is 11.8 Å². The molecule has 5 nitrogen and oxygen atoms in total. The monoisotopic (exact) mass is 364 g/mol. The van der Waals surface area contributed by atoms with Crippen LogP contribution in [-0.4, -0.2) is 41.3 Å². The second kappa shape index (κ2) is 12.6. The predicted molar refractivity (Wildman–Crippen MR) is 101 cm³/mol. The minimum atomic E-state index is -0.685. The Kier molecular flexibility index (Phi) is 10.8. The van der Waals surface area contributed by atoms with Crippen molar-refractivity contribution in [2.24, 2.45) is 11.8 Å². The van der Waals surface area contributed by atoms with E-state index in [9.17, 15) is 19.8 Å². The van der Waals surface area contributed by atoms with Crippen molar-refractivity contribution in [1.82, 2.24) is 0 Å². The first kappa shape index (κ1) is 22.3. The number of carbonyl (C=O) groups excluding carboxylic acids is 2. The van der Waals surface area contributed by atoms with E-state index in [4.69, 9.17) is 0 Å². The minimum Gasteiger partial charge on any atom is -0.469 e. The lowest BCUT2D eigenvalue weighted by molar-refractivity contribution is -0.140. The number of allylic oxidation sites excluding steroid dienone is 3. The zero-order valence-corrected chi connectivity index (χ0v) is 15.8. The van der Waals surface area contributed by atoms with Crippen LogP contribution in [0.5, 0.6) is 0 Å². The molecule has 0 aromatic carbocycles. The van der Waals surface area contributed by atoms with Crippen LogP contribution in [0.2, 0.25) is 0 Å². The van der Waals surface area contributed by atoms with Gasteiger partial charge in [-0.1, -0.05) is 43.4 Å². The summed E-state index contributed by atoms with van der Waals surface area (Å²) in [5.41, 5.74) is 0. The number of ketones is 1. The van der Waals surface area contributed by atoms with E-state index in [0.717, 1.165) is 12.8 Å². The van der Waals surface area contributed by atoms with E-state index in [1.165, 1.54) is 7.11 Å². The molecule has 0 aliphatic heterocycles.